The summed E-state index contributed by atoms with van der Waals surface area (Å²) in [6.45, 7) is 5.90. The van der Waals surface area contributed by atoms with E-state index in [0.717, 1.165) is 25.2 Å². The molecule has 0 bridgehead atoms. The number of aromatic nitrogens is 1. The van der Waals surface area contributed by atoms with Gasteiger partial charge in [-0.3, -0.25) is 4.79 Å². The molecule has 2 N–H and O–H groups in total. The van der Waals surface area contributed by atoms with Crippen molar-refractivity contribution in [1.82, 2.24) is 10.3 Å². The first-order valence-corrected chi connectivity index (χ1v) is 8.17. The van der Waals surface area contributed by atoms with Crippen molar-refractivity contribution < 1.29 is 4.79 Å². The number of amides is 1. The van der Waals surface area contributed by atoms with Crippen LogP contribution < -0.4 is 10.6 Å². The Labute approximate surface area is 138 Å². The molecule has 1 amide bonds. The first-order chi connectivity index (χ1) is 11.1. The van der Waals surface area contributed by atoms with Crippen molar-refractivity contribution >= 4 is 11.7 Å². The highest BCUT2D eigenvalue weighted by atomic mass is 16.1. The smallest absolute Gasteiger partial charge is 0.252 e. The van der Waals surface area contributed by atoms with Crippen molar-refractivity contribution in [3.8, 4) is 0 Å². The SMILES string of the molecule is CC(C)CCNc1ccc(C(=O)NCCc2ccccc2)cn1. The number of benzene rings is 1. The van der Waals surface area contributed by atoms with Gasteiger partial charge in [0.1, 0.15) is 5.82 Å². The normalized spacial score (nSPS) is 10.6. The predicted octanol–water partition coefficient (Wildman–Crippen LogP) is 3.51. The van der Waals surface area contributed by atoms with Crippen LogP contribution >= 0.6 is 0 Å². The second-order valence-corrected chi connectivity index (χ2v) is 6.03. The van der Waals surface area contributed by atoms with Gasteiger partial charge in [0.25, 0.3) is 5.91 Å². The average molecular weight is 311 g/mol. The lowest BCUT2D eigenvalue weighted by Crippen LogP contribution is -2.25. The van der Waals surface area contributed by atoms with Crippen LogP contribution in [0, 0.1) is 5.92 Å². The number of pyridine rings is 1. The number of anilines is 1. The molecule has 0 aliphatic rings. The number of carbonyl (C=O) groups excluding carboxylic acids is 1. The summed E-state index contributed by atoms with van der Waals surface area (Å²) in [5.41, 5.74) is 1.81. The first kappa shape index (κ1) is 17.0. The van der Waals surface area contributed by atoms with E-state index in [-0.39, 0.29) is 5.91 Å². The highest BCUT2D eigenvalue weighted by molar-refractivity contribution is 5.94. The van der Waals surface area contributed by atoms with E-state index in [1.807, 2.05) is 30.3 Å². The lowest BCUT2D eigenvalue weighted by Gasteiger charge is -2.08. The molecular formula is C19H25N3O. The van der Waals surface area contributed by atoms with Crippen LogP contribution in [0.5, 0.6) is 0 Å². The largest absolute Gasteiger partial charge is 0.370 e. The van der Waals surface area contributed by atoms with Crippen LogP contribution in [0.25, 0.3) is 0 Å². The highest BCUT2D eigenvalue weighted by Gasteiger charge is 2.05. The van der Waals surface area contributed by atoms with E-state index in [9.17, 15) is 4.79 Å². The lowest BCUT2D eigenvalue weighted by molar-refractivity contribution is 0.0954. The molecule has 0 atom stereocenters. The second kappa shape index (κ2) is 8.93. The van der Waals surface area contributed by atoms with Gasteiger partial charge >= 0.3 is 0 Å². The molecule has 0 aliphatic carbocycles. The van der Waals surface area contributed by atoms with Crippen LogP contribution in [0.15, 0.2) is 48.7 Å². The van der Waals surface area contributed by atoms with Gasteiger partial charge in [0.15, 0.2) is 0 Å². The van der Waals surface area contributed by atoms with Gasteiger partial charge in [-0.2, -0.15) is 0 Å². The van der Waals surface area contributed by atoms with E-state index in [4.69, 9.17) is 0 Å². The zero-order valence-corrected chi connectivity index (χ0v) is 13.9. The van der Waals surface area contributed by atoms with Gasteiger partial charge in [-0.25, -0.2) is 4.98 Å². The molecule has 1 heterocycles. The van der Waals surface area contributed by atoms with Crippen LogP contribution in [0.3, 0.4) is 0 Å². The summed E-state index contributed by atoms with van der Waals surface area (Å²) in [4.78, 5) is 16.4. The Morgan fingerprint density at radius 2 is 1.87 bits per heavy atom. The van der Waals surface area contributed by atoms with Crippen molar-refractivity contribution in [3.63, 3.8) is 0 Å². The molecule has 0 saturated carbocycles. The molecule has 2 aromatic rings. The Bertz CT molecular complexity index is 594. The first-order valence-electron chi connectivity index (χ1n) is 8.17. The van der Waals surface area contributed by atoms with E-state index in [2.05, 4.69) is 41.6 Å². The number of nitrogens with zero attached hydrogens (tertiary/aromatic N) is 1. The zero-order chi connectivity index (χ0) is 16.5. The minimum Gasteiger partial charge on any atom is -0.370 e. The Balaban J connectivity index is 1.76. The fourth-order valence-electron chi connectivity index (χ4n) is 2.19. The maximum atomic E-state index is 12.1. The Kier molecular flexibility index (Phi) is 6.60. The fraction of sp³-hybridized carbons (Fsp3) is 0.368. The second-order valence-electron chi connectivity index (χ2n) is 6.03. The quantitative estimate of drug-likeness (QED) is 0.784. The lowest BCUT2D eigenvalue weighted by atomic mass is 10.1. The summed E-state index contributed by atoms with van der Waals surface area (Å²) in [5, 5.41) is 6.19. The monoisotopic (exact) mass is 311 g/mol. The fourth-order valence-corrected chi connectivity index (χ4v) is 2.19. The summed E-state index contributed by atoms with van der Waals surface area (Å²) in [7, 11) is 0. The van der Waals surface area contributed by atoms with Gasteiger partial charge < -0.3 is 10.6 Å². The van der Waals surface area contributed by atoms with Gasteiger partial charge in [-0.15, -0.1) is 0 Å². The van der Waals surface area contributed by atoms with Crippen molar-refractivity contribution in [2.75, 3.05) is 18.4 Å². The molecule has 4 heteroatoms. The third-order valence-electron chi connectivity index (χ3n) is 3.60. The minimum absolute atomic E-state index is 0.0813. The maximum Gasteiger partial charge on any atom is 0.252 e. The molecule has 0 saturated heterocycles. The van der Waals surface area contributed by atoms with Crippen LogP contribution in [-0.2, 0) is 6.42 Å². The van der Waals surface area contributed by atoms with Crippen LogP contribution in [0.4, 0.5) is 5.82 Å². The molecule has 0 unspecified atom stereocenters. The van der Waals surface area contributed by atoms with E-state index in [0.29, 0.717) is 18.0 Å². The molecule has 122 valence electrons. The Hall–Kier alpha value is -2.36. The summed E-state index contributed by atoms with van der Waals surface area (Å²) in [5.74, 6) is 1.39. The molecule has 4 nitrogen and oxygen atoms in total. The van der Waals surface area contributed by atoms with Crippen molar-refractivity contribution in [2.45, 2.75) is 26.7 Å². The van der Waals surface area contributed by atoms with E-state index in [1.165, 1.54) is 5.56 Å². The van der Waals surface area contributed by atoms with E-state index in [1.54, 1.807) is 6.20 Å². The van der Waals surface area contributed by atoms with Gasteiger partial charge in [0.05, 0.1) is 5.56 Å². The summed E-state index contributed by atoms with van der Waals surface area (Å²) >= 11 is 0. The molecule has 1 aromatic heterocycles. The number of hydrogen-bond donors (Lipinski definition) is 2. The molecule has 0 radical (unpaired) electrons. The molecule has 1 aromatic carbocycles. The van der Waals surface area contributed by atoms with Gasteiger partial charge in [0.2, 0.25) is 0 Å². The van der Waals surface area contributed by atoms with Gasteiger partial charge in [-0.05, 0) is 36.5 Å². The Morgan fingerprint density at radius 3 is 2.52 bits per heavy atom. The topological polar surface area (TPSA) is 54.0 Å². The zero-order valence-electron chi connectivity index (χ0n) is 13.9. The minimum atomic E-state index is -0.0813. The molecule has 0 spiro atoms. The molecule has 23 heavy (non-hydrogen) atoms. The number of nitrogens with one attached hydrogen (secondary N) is 2. The van der Waals surface area contributed by atoms with Crippen molar-refractivity contribution in [2.24, 2.45) is 5.92 Å². The highest BCUT2D eigenvalue weighted by Crippen LogP contribution is 2.07. The average Bonchev–Trinajstić information content (AvgIpc) is 2.56. The van der Waals surface area contributed by atoms with Gasteiger partial charge in [-0.1, -0.05) is 44.2 Å². The third-order valence-corrected chi connectivity index (χ3v) is 3.60. The van der Waals surface area contributed by atoms with E-state index < -0.39 is 0 Å². The third kappa shape index (κ3) is 6.10. The van der Waals surface area contributed by atoms with Crippen LogP contribution in [-0.4, -0.2) is 24.0 Å². The van der Waals surface area contributed by atoms with Crippen molar-refractivity contribution in [1.29, 1.82) is 0 Å². The van der Waals surface area contributed by atoms with Crippen LogP contribution in [0.2, 0.25) is 0 Å². The van der Waals surface area contributed by atoms with Gasteiger partial charge in [0, 0.05) is 19.3 Å². The Morgan fingerprint density at radius 1 is 1.09 bits per heavy atom. The number of rotatable bonds is 8. The molecular weight excluding hydrogens is 286 g/mol. The van der Waals surface area contributed by atoms with Crippen LogP contribution in [0.1, 0.15) is 36.2 Å². The van der Waals surface area contributed by atoms with E-state index >= 15 is 0 Å². The number of carbonyl (C=O) groups is 1. The standard InChI is InChI=1S/C19H25N3O/c1-15(2)10-12-20-18-9-8-17(14-22-18)19(23)21-13-11-16-6-4-3-5-7-16/h3-9,14-15H,10-13H2,1-2H3,(H,20,22)(H,21,23). The molecule has 0 aliphatic heterocycles. The molecule has 2 rings (SSSR count). The summed E-state index contributed by atoms with van der Waals surface area (Å²) in [6, 6.07) is 13.8. The predicted molar refractivity (Wildman–Crippen MR) is 94.7 cm³/mol. The summed E-state index contributed by atoms with van der Waals surface area (Å²) in [6.07, 6.45) is 3.55. The molecule has 0 fully saturated rings. The number of hydrogen-bond acceptors (Lipinski definition) is 3. The van der Waals surface area contributed by atoms with Crippen molar-refractivity contribution in [3.05, 3.63) is 59.8 Å². The summed E-state index contributed by atoms with van der Waals surface area (Å²) < 4.78 is 0. The maximum absolute atomic E-state index is 12.1.